The topological polar surface area (TPSA) is 84.9 Å². The van der Waals surface area contributed by atoms with Crippen LogP contribution in [0.15, 0.2) is 18.2 Å². The number of hydrogen-bond donors (Lipinski definition) is 2. The smallest absolute Gasteiger partial charge is 0.335 e. The van der Waals surface area contributed by atoms with Crippen molar-refractivity contribution in [2.45, 2.75) is 18.9 Å². The molecule has 6 nitrogen and oxygen atoms in total. The Hall–Kier alpha value is -2.08. The summed E-state index contributed by atoms with van der Waals surface area (Å²) in [5, 5.41) is 11.6. The highest BCUT2D eigenvalue weighted by Crippen LogP contribution is 2.26. The van der Waals surface area contributed by atoms with Gasteiger partial charge in [-0.25, -0.2) is 4.79 Å². The second-order valence-electron chi connectivity index (χ2n) is 4.21. The summed E-state index contributed by atoms with van der Waals surface area (Å²) in [7, 11) is 1.42. The summed E-state index contributed by atoms with van der Waals surface area (Å²) in [4.78, 5) is 22.7. The lowest BCUT2D eigenvalue weighted by molar-refractivity contribution is -0.124. The molecule has 102 valence electrons. The van der Waals surface area contributed by atoms with E-state index in [1.807, 2.05) is 0 Å². The Kier molecular flexibility index (Phi) is 4.01. The number of hydrogen-bond acceptors (Lipinski definition) is 4. The fourth-order valence-corrected chi connectivity index (χ4v) is 1.93. The summed E-state index contributed by atoms with van der Waals surface area (Å²) in [5.74, 6) is -0.972. The van der Waals surface area contributed by atoms with Gasteiger partial charge >= 0.3 is 5.97 Å². The van der Waals surface area contributed by atoms with E-state index in [2.05, 4.69) is 5.32 Å². The molecule has 1 heterocycles. The zero-order valence-electron chi connectivity index (χ0n) is 10.5. The molecule has 1 fully saturated rings. The van der Waals surface area contributed by atoms with Crippen molar-refractivity contribution in [3.8, 4) is 5.75 Å². The quantitative estimate of drug-likeness (QED) is 0.862. The van der Waals surface area contributed by atoms with E-state index in [1.54, 1.807) is 0 Å². The normalized spacial score (nSPS) is 18.1. The Morgan fingerprint density at radius 1 is 1.47 bits per heavy atom. The van der Waals surface area contributed by atoms with E-state index in [0.29, 0.717) is 24.5 Å². The lowest BCUT2D eigenvalue weighted by Gasteiger charge is -2.13. The van der Waals surface area contributed by atoms with Gasteiger partial charge in [0.25, 0.3) is 5.91 Å². The van der Waals surface area contributed by atoms with Gasteiger partial charge in [0.05, 0.1) is 18.4 Å². The number of methoxy groups -OCH3 is 1. The number of ether oxygens (including phenoxy) is 2. The van der Waals surface area contributed by atoms with Crippen molar-refractivity contribution in [3.63, 3.8) is 0 Å². The molecule has 0 aromatic heterocycles. The molecule has 2 rings (SSSR count). The van der Waals surface area contributed by atoms with Gasteiger partial charge in [-0.2, -0.15) is 0 Å². The van der Waals surface area contributed by atoms with E-state index in [0.717, 1.165) is 6.42 Å². The lowest BCUT2D eigenvalue weighted by atomic mass is 10.1. The number of carboxylic acids is 1. The number of amides is 1. The summed E-state index contributed by atoms with van der Waals surface area (Å²) in [5.41, 5.74) is 0.542. The number of anilines is 1. The van der Waals surface area contributed by atoms with Crippen molar-refractivity contribution in [3.05, 3.63) is 23.8 Å². The zero-order valence-corrected chi connectivity index (χ0v) is 10.5. The molecule has 0 radical (unpaired) electrons. The van der Waals surface area contributed by atoms with Gasteiger partial charge in [0.1, 0.15) is 11.9 Å². The summed E-state index contributed by atoms with van der Waals surface area (Å²) >= 11 is 0. The van der Waals surface area contributed by atoms with E-state index >= 15 is 0 Å². The van der Waals surface area contributed by atoms with E-state index in [4.69, 9.17) is 14.6 Å². The maximum Gasteiger partial charge on any atom is 0.335 e. The first kappa shape index (κ1) is 13.4. The minimum atomic E-state index is -1.05. The molecule has 1 aromatic carbocycles. The van der Waals surface area contributed by atoms with Crippen molar-refractivity contribution >= 4 is 17.6 Å². The Morgan fingerprint density at radius 3 is 2.84 bits per heavy atom. The van der Waals surface area contributed by atoms with Crippen LogP contribution in [0.2, 0.25) is 0 Å². The summed E-state index contributed by atoms with van der Waals surface area (Å²) < 4.78 is 10.4. The van der Waals surface area contributed by atoms with Crippen LogP contribution >= 0.6 is 0 Å². The summed E-state index contributed by atoms with van der Waals surface area (Å²) in [6.45, 7) is 0.590. The van der Waals surface area contributed by atoms with Gasteiger partial charge in [-0.05, 0) is 31.0 Å². The molecule has 19 heavy (non-hydrogen) atoms. The predicted octanol–water partition coefficient (Wildman–Crippen LogP) is 1.51. The molecule has 0 bridgehead atoms. The van der Waals surface area contributed by atoms with Crippen molar-refractivity contribution in [1.82, 2.24) is 0 Å². The molecule has 1 amide bonds. The van der Waals surface area contributed by atoms with Crippen LogP contribution in [0.5, 0.6) is 5.75 Å². The molecule has 0 saturated carbocycles. The number of carboxylic acid groups (broad SMARTS) is 1. The average molecular weight is 265 g/mol. The maximum absolute atomic E-state index is 11.9. The van der Waals surface area contributed by atoms with Crippen molar-refractivity contribution in [1.29, 1.82) is 0 Å². The molecule has 0 aliphatic carbocycles. The van der Waals surface area contributed by atoms with Crippen LogP contribution in [0.4, 0.5) is 5.69 Å². The second kappa shape index (κ2) is 5.71. The molecular formula is C13H15NO5. The molecule has 1 aliphatic heterocycles. The fraction of sp³-hybridized carbons (Fsp3) is 0.385. The molecule has 1 saturated heterocycles. The molecule has 0 spiro atoms. The van der Waals surface area contributed by atoms with Gasteiger partial charge < -0.3 is 19.9 Å². The highest BCUT2D eigenvalue weighted by atomic mass is 16.5. The molecular weight excluding hydrogens is 250 g/mol. The van der Waals surface area contributed by atoms with E-state index in [-0.39, 0.29) is 11.5 Å². The second-order valence-corrected chi connectivity index (χ2v) is 4.21. The van der Waals surface area contributed by atoms with Crippen LogP contribution < -0.4 is 10.1 Å². The van der Waals surface area contributed by atoms with Crippen molar-refractivity contribution < 1.29 is 24.2 Å². The van der Waals surface area contributed by atoms with Gasteiger partial charge in [0.15, 0.2) is 0 Å². The third kappa shape index (κ3) is 3.03. The molecule has 1 aromatic rings. The van der Waals surface area contributed by atoms with Crippen molar-refractivity contribution in [2.75, 3.05) is 19.0 Å². The monoisotopic (exact) mass is 265 g/mol. The Balaban J connectivity index is 2.15. The van der Waals surface area contributed by atoms with Crippen molar-refractivity contribution in [2.24, 2.45) is 0 Å². The SMILES string of the molecule is COc1cc(C(=O)O)ccc1NC(=O)[C@@H]1CCCO1. The van der Waals surface area contributed by atoms with Crippen LogP contribution in [0.3, 0.4) is 0 Å². The third-order valence-corrected chi connectivity index (χ3v) is 2.93. The molecule has 6 heteroatoms. The van der Waals surface area contributed by atoms with Gasteiger partial charge in [0, 0.05) is 6.61 Å². The highest BCUT2D eigenvalue weighted by molar-refractivity contribution is 5.97. The van der Waals surface area contributed by atoms with Crippen LogP contribution in [0.25, 0.3) is 0 Å². The number of carbonyl (C=O) groups excluding carboxylic acids is 1. The number of carbonyl (C=O) groups is 2. The number of aromatic carboxylic acids is 1. The van der Waals surface area contributed by atoms with Gasteiger partial charge in [-0.3, -0.25) is 4.79 Å². The summed E-state index contributed by atoms with van der Waals surface area (Å²) in [6, 6.07) is 4.29. The molecule has 2 N–H and O–H groups in total. The number of nitrogens with one attached hydrogen (secondary N) is 1. The number of rotatable bonds is 4. The number of benzene rings is 1. The minimum absolute atomic E-state index is 0.104. The largest absolute Gasteiger partial charge is 0.495 e. The third-order valence-electron chi connectivity index (χ3n) is 2.93. The van der Waals surface area contributed by atoms with E-state index in [1.165, 1.54) is 25.3 Å². The standard InChI is InChI=1S/C13H15NO5/c1-18-11-7-8(13(16)17)4-5-9(11)14-12(15)10-3-2-6-19-10/h4-5,7,10H,2-3,6H2,1H3,(H,14,15)(H,16,17)/t10-/m0/s1. The Labute approximate surface area is 110 Å². The highest BCUT2D eigenvalue weighted by Gasteiger charge is 2.24. The first-order chi connectivity index (χ1) is 9.11. The van der Waals surface area contributed by atoms with Crippen LogP contribution in [0.1, 0.15) is 23.2 Å². The van der Waals surface area contributed by atoms with Crippen LogP contribution in [-0.4, -0.2) is 36.8 Å². The maximum atomic E-state index is 11.9. The van der Waals surface area contributed by atoms with Gasteiger partial charge in [-0.15, -0.1) is 0 Å². The Morgan fingerprint density at radius 2 is 2.26 bits per heavy atom. The predicted molar refractivity (Wildman–Crippen MR) is 67.6 cm³/mol. The summed E-state index contributed by atoms with van der Waals surface area (Å²) in [6.07, 6.45) is 1.12. The zero-order chi connectivity index (χ0) is 13.8. The first-order valence-electron chi connectivity index (χ1n) is 5.95. The van der Waals surface area contributed by atoms with E-state index in [9.17, 15) is 9.59 Å². The molecule has 1 atom stereocenters. The molecule has 1 aliphatic rings. The fourth-order valence-electron chi connectivity index (χ4n) is 1.93. The van der Waals surface area contributed by atoms with Gasteiger partial charge in [-0.1, -0.05) is 0 Å². The van der Waals surface area contributed by atoms with Gasteiger partial charge in [0.2, 0.25) is 0 Å². The molecule has 0 unspecified atom stereocenters. The van der Waals surface area contributed by atoms with Crippen LogP contribution in [-0.2, 0) is 9.53 Å². The van der Waals surface area contributed by atoms with E-state index < -0.39 is 12.1 Å². The van der Waals surface area contributed by atoms with Crippen LogP contribution in [0, 0.1) is 0 Å². The Bertz CT molecular complexity index is 494. The lowest BCUT2D eigenvalue weighted by Crippen LogP contribution is -2.27. The first-order valence-corrected chi connectivity index (χ1v) is 5.95. The minimum Gasteiger partial charge on any atom is -0.495 e. The average Bonchev–Trinajstić information content (AvgIpc) is 2.92.